The Kier molecular flexibility index (Phi) is 4.09. The summed E-state index contributed by atoms with van der Waals surface area (Å²) in [6.07, 6.45) is 0.213. The predicted octanol–water partition coefficient (Wildman–Crippen LogP) is 2.16. The van der Waals surface area contributed by atoms with Gasteiger partial charge in [0.15, 0.2) is 0 Å². The Morgan fingerprint density at radius 2 is 1.74 bits per heavy atom. The molecule has 2 N–H and O–H groups in total. The van der Waals surface area contributed by atoms with Crippen LogP contribution in [0.4, 0.5) is 5.69 Å². The molecule has 1 amide bonds. The summed E-state index contributed by atoms with van der Waals surface area (Å²) in [5, 5.41) is 13.4. The van der Waals surface area contributed by atoms with Crippen molar-refractivity contribution in [2.75, 3.05) is 19.5 Å². The van der Waals surface area contributed by atoms with Gasteiger partial charge >= 0.3 is 0 Å². The lowest BCUT2D eigenvalue weighted by atomic mass is 10.1. The summed E-state index contributed by atoms with van der Waals surface area (Å²) in [5.74, 6) is 1.16. The molecule has 0 aliphatic carbocycles. The lowest BCUT2D eigenvalue weighted by Gasteiger charge is -2.09. The maximum atomic E-state index is 12.2. The predicted molar refractivity (Wildman–Crippen MR) is 85.8 cm³/mol. The molecule has 1 heterocycles. The van der Waals surface area contributed by atoms with Gasteiger partial charge in [0.05, 0.1) is 20.6 Å². The maximum absolute atomic E-state index is 12.2. The van der Waals surface area contributed by atoms with Gasteiger partial charge in [0.1, 0.15) is 22.5 Å². The molecular formula is C16H16N4O3. The Balaban J connectivity index is 1.73. The van der Waals surface area contributed by atoms with Gasteiger partial charge in [0.2, 0.25) is 5.91 Å². The van der Waals surface area contributed by atoms with E-state index >= 15 is 0 Å². The molecule has 7 heteroatoms. The van der Waals surface area contributed by atoms with Crippen LogP contribution in [0.3, 0.4) is 0 Å². The number of methoxy groups -OCH3 is 2. The molecule has 0 radical (unpaired) electrons. The van der Waals surface area contributed by atoms with Gasteiger partial charge in [0, 0.05) is 11.8 Å². The lowest BCUT2D eigenvalue weighted by Crippen LogP contribution is -2.14. The first kappa shape index (κ1) is 14.8. The van der Waals surface area contributed by atoms with Crippen molar-refractivity contribution in [1.29, 1.82) is 0 Å². The number of anilines is 1. The number of carbonyl (C=O) groups excluding carboxylic acids is 1. The fraction of sp³-hybridized carbons (Fsp3) is 0.188. The summed E-state index contributed by atoms with van der Waals surface area (Å²) in [6.45, 7) is 0. The highest BCUT2D eigenvalue weighted by Crippen LogP contribution is 2.23. The van der Waals surface area contributed by atoms with Crippen molar-refractivity contribution in [2.45, 2.75) is 6.42 Å². The van der Waals surface area contributed by atoms with Crippen LogP contribution >= 0.6 is 0 Å². The normalized spacial score (nSPS) is 10.5. The third kappa shape index (κ3) is 3.39. The molecule has 0 aliphatic rings. The van der Waals surface area contributed by atoms with Crippen molar-refractivity contribution in [1.82, 2.24) is 15.4 Å². The molecule has 0 saturated carbocycles. The van der Waals surface area contributed by atoms with E-state index in [0.29, 0.717) is 22.7 Å². The summed E-state index contributed by atoms with van der Waals surface area (Å²) in [6, 6.07) is 10.7. The van der Waals surface area contributed by atoms with Crippen molar-refractivity contribution in [3.63, 3.8) is 0 Å². The molecule has 0 saturated heterocycles. The van der Waals surface area contributed by atoms with Crippen LogP contribution in [0.5, 0.6) is 11.5 Å². The second-order valence-corrected chi connectivity index (χ2v) is 4.97. The molecule has 2 aromatic carbocycles. The zero-order valence-corrected chi connectivity index (χ0v) is 12.8. The van der Waals surface area contributed by atoms with Gasteiger partial charge < -0.3 is 14.8 Å². The molecule has 0 bridgehead atoms. The first-order valence-electron chi connectivity index (χ1n) is 7.00. The smallest absolute Gasteiger partial charge is 0.228 e. The van der Waals surface area contributed by atoms with E-state index in [9.17, 15) is 4.79 Å². The average Bonchev–Trinajstić information content (AvgIpc) is 3.01. The van der Waals surface area contributed by atoms with Crippen LogP contribution in [0.15, 0.2) is 36.4 Å². The third-order valence-corrected chi connectivity index (χ3v) is 3.38. The van der Waals surface area contributed by atoms with Crippen LogP contribution in [0, 0.1) is 0 Å². The summed E-state index contributed by atoms with van der Waals surface area (Å²) < 4.78 is 10.4. The molecule has 118 valence electrons. The number of fused-ring (bicyclic) bond motifs is 1. The minimum absolute atomic E-state index is 0.136. The first-order chi connectivity index (χ1) is 11.2. The van der Waals surface area contributed by atoms with Crippen molar-refractivity contribution in [3.8, 4) is 11.5 Å². The Hall–Kier alpha value is -3.09. The lowest BCUT2D eigenvalue weighted by molar-refractivity contribution is -0.115. The molecule has 3 aromatic rings. The molecule has 3 rings (SSSR count). The average molecular weight is 312 g/mol. The van der Waals surface area contributed by atoms with Crippen LogP contribution in [-0.4, -0.2) is 35.5 Å². The molecule has 0 aliphatic heterocycles. The summed E-state index contributed by atoms with van der Waals surface area (Å²) in [5.41, 5.74) is 2.93. The number of hydrogen-bond donors (Lipinski definition) is 2. The number of aromatic nitrogens is 3. The monoisotopic (exact) mass is 312 g/mol. The number of aromatic amines is 1. The Labute approximate surface area is 132 Å². The molecule has 0 fully saturated rings. The number of ether oxygens (including phenoxy) is 2. The van der Waals surface area contributed by atoms with Crippen LogP contribution in [0.1, 0.15) is 5.56 Å². The van der Waals surface area contributed by atoms with E-state index in [-0.39, 0.29) is 12.3 Å². The highest BCUT2D eigenvalue weighted by atomic mass is 16.5. The largest absolute Gasteiger partial charge is 0.497 e. The molecule has 0 atom stereocenters. The topological polar surface area (TPSA) is 89.1 Å². The van der Waals surface area contributed by atoms with Gasteiger partial charge in [-0.15, -0.1) is 0 Å². The van der Waals surface area contributed by atoms with Crippen LogP contribution in [0.2, 0.25) is 0 Å². The van der Waals surface area contributed by atoms with Gasteiger partial charge in [-0.25, -0.2) is 0 Å². The van der Waals surface area contributed by atoms with Crippen molar-refractivity contribution >= 4 is 22.6 Å². The standard InChI is InChI=1S/C16H16N4O3/c1-22-12-5-10(6-13(9-12)23-2)7-16(21)17-11-3-4-14-15(8-11)19-20-18-14/h3-6,8-9H,7H2,1-2H3,(H,17,21)(H,18,19,20). The van der Waals surface area contributed by atoms with Crippen LogP contribution in [0.25, 0.3) is 11.0 Å². The van der Waals surface area contributed by atoms with Crippen molar-refractivity contribution in [3.05, 3.63) is 42.0 Å². The number of nitrogens with one attached hydrogen (secondary N) is 2. The van der Waals surface area contributed by atoms with Gasteiger partial charge in [-0.2, -0.15) is 15.4 Å². The van der Waals surface area contributed by atoms with Gasteiger partial charge in [-0.1, -0.05) is 0 Å². The number of carbonyl (C=O) groups is 1. The number of benzene rings is 2. The summed E-state index contributed by atoms with van der Waals surface area (Å²) >= 11 is 0. The Morgan fingerprint density at radius 3 is 2.43 bits per heavy atom. The summed E-state index contributed by atoms with van der Waals surface area (Å²) in [4.78, 5) is 12.2. The zero-order valence-electron chi connectivity index (χ0n) is 12.8. The van der Waals surface area contributed by atoms with Crippen molar-refractivity contribution < 1.29 is 14.3 Å². The molecular weight excluding hydrogens is 296 g/mol. The maximum Gasteiger partial charge on any atom is 0.228 e. The van der Waals surface area contributed by atoms with Crippen molar-refractivity contribution in [2.24, 2.45) is 0 Å². The molecule has 1 aromatic heterocycles. The van der Waals surface area contributed by atoms with E-state index in [0.717, 1.165) is 11.1 Å². The van der Waals surface area contributed by atoms with Gasteiger partial charge in [-0.05, 0) is 35.9 Å². The van der Waals surface area contributed by atoms with E-state index < -0.39 is 0 Å². The number of rotatable bonds is 5. The highest BCUT2D eigenvalue weighted by molar-refractivity contribution is 5.94. The van der Waals surface area contributed by atoms with Crippen LogP contribution < -0.4 is 14.8 Å². The highest BCUT2D eigenvalue weighted by Gasteiger charge is 2.09. The molecule has 0 unspecified atom stereocenters. The first-order valence-corrected chi connectivity index (χ1v) is 7.00. The number of hydrogen-bond acceptors (Lipinski definition) is 5. The minimum atomic E-state index is -0.136. The fourth-order valence-corrected chi connectivity index (χ4v) is 2.28. The Morgan fingerprint density at radius 1 is 1.04 bits per heavy atom. The molecule has 7 nitrogen and oxygen atoms in total. The molecule has 0 spiro atoms. The van der Waals surface area contributed by atoms with Gasteiger partial charge in [-0.3, -0.25) is 4.79 Å². The van der Waals surface area contributed by atoms with E-state index in [1.807, 2.05) is 12.1 Å². The third-order valence-electron chi connectivity index (χ3n) is 3.38. The fourth-order valence-electron chi connectivity index (χ4n) is 2.28. The van der Waals surface area contributed by atoms with E-state index in [4.69, 9.17) is 9.47 Å². The van der Waals surface area contributed by atoms with Crippen LogP contribution in [-0.2, 0) is 11.2 Å². The zero-order chi connectivity index (χ0) is 16.2. The summed E-state index contributed by atoms with van der Waals surface area (Å²) in [7, 11) is 3.15. The second-order valence-electron chi connectivity index (χ2n) is 4.97. The van der Waals surface area contributed by atoms with E-state index in [1.165, 1.54) is 0 Å². The molecule has 23 heavy (non-hydrogen) atoms. The quantitative estimate of drug-likeness (QED) is 0.753. The SMILES string of the molecule is COc1cc(CC(=O)Nc2ccc3n[nH]nc3c2)cc(OC)c1. The number of amides is 1. The second kappa shape index (κ2) is 6.35. The van der Waals surface area contributed by atoms with E-state index in [1.54, 1.807) is 38.5 Å². The Bertz CT molecular complexity index is 822. The van der Waals surface area contributed by atoms with E-state index in [2.05, 4.69) is 20.7 Å². The van der Waals surface area contributed by atoms with Gasteiger partial charge in [0.25, 0.3) is 0 Å². The number of H-pyrrole nitrogens is 1. The minimum Gasteiger partial charge on any atom is -0.497 e. The number of nitrogens with zero attached hydrogens (tertiary/aromatic N) is 2.